The number of benzene rings is 1. The molecular formula is C17H14ClN7S. The van der Waals surface area contributed by atoms with Crippen molar-refractivity contribution in [1.29, 1.82) is 0 Å². The third-order valence-corrected chi connectivity index (χ3v) is 5.40. The number of halogens is 1. The van der Waals surface area contributed by atoms with Gasteiger partial charge in [0.25, 0.3) is 0 Å². The normalized spacial score (nSPS) is 12.2. The van der Waals surface area contributed by atoms with Gasteiger partial charge in [0.15, 0.2) is 11.0 Å². The highest BCUT2D eigenvalue weighted by molar-refractivity contribution is 7.99. The number of pyridine rings is 1. The minimum Gasteiger partial charge on any atom is -0.305 e. The van der Waals surface area contributed by atoms with E-state index in [2.05, 4.69) is 30.6 Å². The first kappa shape index (κ1) is 16.7. The average molecular weight is 384 g/mol. The first-order valence-corrected chi connectivity index (χ1v) is 9.06. The summed E-state index contributed by atoms with van der Waals surface area (Å²) in [6, 6.07) is 11.5. The van der Waals surface area contributed by atoms with Crippen LogP contribution in [-0.2, 0) is 7.05 Å². The highest BCUT2D eigenvalue weighted by atomic mass is 35.5. The summed E-state index contributed by atoms with van der Waals surface area (Å²) in [5.41, 5.74) is 2.78. The minimum atomic E-state index is -0.111. The van der Waals surface area contributed by atoms with E-state index in [9.17, 15) is 0 Å². The van der Waals surface area contributed by atoms with E-state index in [0.717, 1.165) is 27.8 Å². The Morgan fingerprint density at radius 3 is 2.69 bits per heavy atom. The number of hydrogen-bond acceptors (Lipinski definition) is 6. The molecule has 130 valence electrons. The summed E-state index contributed by atoms with van der Waals surface area (Å²) in [5.74, 6) is 0.778. The van der Waals surface area contributed by atoms with Crippen molar-refractivity contribution in [3.8, 4) is 11.4 Å². The van der Waals surface area contributed by atoms with Gasteiger partial charge in [0.05, 0.1) is 5.25 Å². The summed E-state index contributed by atoms with van der Waals surface area (Å²) in [5, 5.41) is 20.8. The molecule has 0 radical (unpaired) electrons. The fraction of sp³-hybridized carbons (Fsp3) is 0.118. The molecule has 0 aliphatic heterocycles. The van der Waals surface area contributed by atoms with Crippen LogP contribution in [0, 0.1) is 0 Å². The Morgan fingerprint density at radius 2 is 1.96 bits per heavy atom. The van der Waals surface area contributed by atoms with E-state index in [1.165, 1.54) is 0 Å². The van der Waals surface area contributed by atoms with Crippen LogP contribution >= 0.6 is 23.4 Å². The molecule has 0 bridgehead atoms. The number of nitrogens with one attached hydrogen (secondary N) is 1. The number of rotatable bonds is 5. The highest BCUT2D eigenvalue weighted by Gasteiger charge is 2.22. The van der Waals surface area contributed by atoms with E-state index >= 15 is 0 Å². The monoisotopic (exact) mass is 383 g/mol. The van der Waals surface area contributed by atoms with Crippen LogP contribution in [-0.4, -0.2) is 35.2 Å². The van der Waals surface area contributed by atoms with Gasteiger partial charge in [-0.3, -0.25) is 10.1 Å². The van der Waals surface area contributed by atoms with E-state index in [0.29, 0.717) is 5.02 Å². The molecule has 0 aliphatic rings. The van der Waals surface area contributed by atoms with Gasteiger partial charge in [-0.05, 0) is 29.8 Å². The largest absolute Gasteiger partial charge is 0.305 e. The van der Waals surface area contributed by atoms with E-state index in [1.54, 1.807) is 30.4 Å². The second-order valence-corrected chi connectivity index (χ2v) is 7.06. The third-order valence-electron chi connectivity index (χ3n) is 3.85. The summed E-state index contributed by atoms with van der Waals surface area (Å²) in [6.45, 7) is 0. The number of H-pyrrole nitrogens is 1. The van der Waals surface area contributed by atoms with Crippen molar-refractivity contribution in [2.75, 3.05) is 0 Å². The summed E-state index contributed by atoms with van der Waals surface area (Å²) in [4.78, 5) is 4.04. The first-order chi connectivity index (χ1) is 12.7. The standard InChI is InChI=1S/C17H14ClN7S/c1-25-16(11-5-7-19-8-6-11)22-23-17(25)26-15(14-10-20-24-21-14)12-3-2-4-13(18)9-12/h2-10,15H,1H3,(H,20,21,24). The Kier molecular flexibility index (Phi) is 4.68. The van der Waals surface area contributed by atoms with E-state index in [-0.39, 0.29) is 5.25 Å². The predicted octanol–water partition coefficient (Wildman–Crippen LogP) is 3.53. The Morgan fingerprint density at radius 1 is 1.12 bits per heavy atom. The number of aromatic nitrogens is 7. The highest BCUT2D eigenvalue weighted by Crippen LogP contribution is 2.39. The fourth-order valence-electron chi connectivity index (χ4n) is 2.58. The molecule has 0 amide bonds. The Balaban J connectivity index is 1.70. The van der Waals surface area contributed by atoms with Gasteiger partial charge in [-0.2, -0.15) is 0 Å². The molecule has 0 aliphatic carbocycles. The number of aromatic amines is 1. The molecular weight excluding hydrogens is 370 g/mol. The van der Waals surface area contributed by atoms with Crippen LogP contribution in [0.4, 0.5) is 0 Å². The average Bonchev–Trinajstić information content (AvgIpc) is 3.31. The zero-order chi connectivity index (χ0) is 17.9. The van der Waals surface area contributed by atoms with Crippen LogP contribution in [0.3, 0.4) is 0 Å². The van der Waals surface area contributed by atoms with Crippen LogP contribution in [0.25, 0.3) is 11.4 Å². The van der Waals surface area contributed by atoms with E-state index < -0.39 is 0 Å². The molecule has 0 fully saturated rings. The smallest absolute Gasteiger partial charge is 0.192 e. The second-order valence-electron chi connectivity index (χ2n) is 5.55. The quantitative estimate of drug-likeness (QED) is 0.530. The van der Waals surface area contributed by atoms with Crippen molar-refractivity contribution >= 4 is 23.4 Å². The van der Waals surface area contributed by atoms with E-state index in [4.69, 9.17) is 11.6 Å². The maximum atomic E-state index is 6.18. The zero-order valence-electron chi connectivity index (χ0n) is 13.7. The van der Waals surface area contributed by atoms with Crippen LogP contribution in [0.5, 0.6) is 0 Å². The van der Waals surface area contributed by atoms with Gasteiger partial charge in [-0.15, -0.1) is 15.3 Å². The molecule has 4 rings (SSSR count). The molecule has 0 spiro atoms. The number of hydrogen-bond donors (Lipinski definition) is 1. The molecule has 1 aromatic carbocycles. The van der Waals surface area contributed by atoms with Gasteiger partial charge < -0.3 is 4.57 Å². The maximum absolute atomic E-state index is 6.18. The third kappa shape index (κ3) is 3.33. The molecule has 1 atom stereocenters. The Labute approximate surface area is 158 Å². The zero-order valence-corrected chi connectivity index (χ0v) is 15.3. The Bertz CT molecular complexity index is 1000. The molecule has 1 unspecified atom stereocenters. The van der Waals surface area contributed by atoms with Gasteiger partial charge >= 0.3 is 0 Å². The summed E-state index contributed by atoms with van der Waals surface area (Å²) in [7, 11) is 1.94. The van der Waals surface area contributed by atoms with Gasteiger partial charge in [-0.1, -0.05) is 40.7 Å². The molecule has 4 aromatic rings. The lowest BCUT2D eigenvalue weighted by Gasteiger charge is -2.14. The number of thioether (sulfide) groups is 1. The van der Waals surface area contributed by atoms with E-state index in [1.807, 2.05) is 48.0 Å². The Hall–Kier alpha value is -2.71. The molecule has 3 heterocycles. The summed E-state index contributed by atoms with van der Waals surface area (Å²) >= 11 is 7.72. The molecule has 0 saturated carbocycles. The van der Waals surface area contributed by atoms with Crippen molar-refractivity contribution in [2.24, 2.45) is 7.05 Å². The minimum absolute atomic E-state index is 0.111. The lowest BCUT2D eigenvalue weighted by atomic mass is 10.1. The lowest BCUT2D eigenvalue weighted by Crippen LogP contribution is -2.01. The van der Waals surface area contributed by atoms with Crippen molar-refractivity contribution in [3.05, 3.63) is 71.3 Å². The van der Waals surface area contributed by atoms with Gasteiger partial charge in [0.2, 0.25) is 0 Å². The molecule has 0 saturated heterocycles. The fourth-order valence-corrected chi connectivity index (χ4v) is 3.84. The van der Waals surface area contributed by atoms with Crippen LogP contribution in [0.1, 0.15) is 16.5 Å². The van der Waals surface area contributed by atoms with Crippen LogP contribution in [0.15, 0.2) is 60.1 Å². The van der Waals surface area contributed by atoms with Crippen molar-refractivity contribution in [1.82, 2.24) is 35.2 Å². The van der Waals surface area contributed by atoms with Crippen molar-refractivity contribution in [3.63, 3.8) is 0 Å². The molecule has 9 heteroatoms. The van der Waals surface area contributed by atoms with Gasteiger partial charge in [-0.25, -0.2) is 0 Å². The maximum Gasteiger partial charge on any atom is 0.192 e. The number of nitrogens with zero attached hydrogens (tertiary/aromatic N) is 6. The first-order valence-electron chi connectivity index (χ1n) is 7.80. The molecule has 1 N–H and O–H groups in total. The topological polar surface area (TPSA) is 85.2 Å². The molecule has 26 heavy (non-hydrogen) atoms. The van der Waals surface area contributed by atoms with Gasteiger partial charge in [0, 0.05) is 36.2 Å². The SMILES string of the molecule is Cn1c(SC(c2cccc(Cl)c2)c2c[nH]nn2)nnc1-c1ccncc1. The van der Waals surface area contributed by atoms with Crippen molar-refractivity contribution in [2.45, 2.75) is 10.4 Å². The van der Waals surface area contributed by atoms with Crippen molar-refractivity contribution < 1.29 is 0 Å². The predicted molar refractivity (Wildman–Crippen MR) is 99.8 cm³/mol. The van der Waals surface area contributed by atoms with Crippen LogP contribution in [0.2, 0.25) is 5.02 Å². The molecule has 3 aromatic heterocycles. The van der Waals surface area contributed by atoms with Crippen LogP contribution < -0.4 is 0 Å². The van der Waals surface area contributed by atoms with Gasteiger partial charge in [0.1, 0.15) is 5.69 Å². The summed E-state index contributed by atoms with van der Waals surface area (Å²) < 4.78 is 1.96. The second kappa shape index (κ2) is 7.27. The molecule has 7 nitrogen and oxygen atoms in total. The lowest BCUT2D eigenvalue weighted by molar-refractivity contribution is 0.790. The summed E-state index contributed by atoms with van der Waals surface area (Å²) in [6.07, 6.45) is 5.25.